The summed E-state index contributed by atoms with van der Waals surface area (Å²) in [5.41, 5.74) is 1.74. The summed E-state index contributed by atoms with van der Waals surface area (Å²) in [6.07, 6.45) is 4.91. The minimum absolute atomic E-state index is 0.119. The average molecular weight is 484 g/mol. The minimum Gasteiger partial charge on any atom is -0.353 e. The fraction of sp³-hybridized carbons (Fsp3) is 0.261. The summed E-state index contributed by atoms with van der Waals surface area (Å²) in [7, 11) is -3.60. The predicted octanol–water partition coefficient (Wildman–Crippen LogP) is 2.86. The molecule has 3 aromatic rings. The minimum atomic E-state index is -3.60. The van der Waals surface area contributed by atoms with Gasteiger partial charge in [-0.15, -0.1) is 11.8 Å². The summed E-state index contributed by atoms with van der Waals surface area (Å²) in [6.45, 7) is 1.84. The smallest absolute Gasteiger partial charge is 0.243 e. The van der Waals surface area contributed by atoms with Gasteiger partial charge in [-0.1, -0.05) is 30.3 Å². The molecule has 1 aromatic heterocycles. The van der Waals surface area contributed by atoms with Gasteiger partial charge in [0.25, 0.3) is 0 Å². The van der Waals surface area contributed by atoms with Crippen LogP contribution in [0.5, 0.6) is 0 Å². The number of anilines is 2. The van der Waals surface area contributed by atoms with Crippen molar-refractivity contribution in [3.05, 3.63) is 78.8 Å². The van der Waals surface area contributed by atoms with E-state index in [-0.39, 0.29) is 10.8 Å². The van der Waals surface area contributed by atoms with E-state index in [1.807, 2.05) is 35.2 Å². The standard InChI is InChI=1S/C23H25N5O3S2/c29-23(18-32-17-19-4-2-1-3-5-19)26-20-6-8-21(9-7-20)33(30,31)28-14-12-27(13-15-28)22-16-24-10-11-25-22/h1-11,16H,12-15,17-18H2,(H,26,29). The van der Waals surface area contributed by atoms with Crippen LogP contribution in [0.15, 0.2) is 78.1 Å². The molecule has 1 amide bonds. The van der Waals surface area contributed by atoms with E-state index < -0.39 is 10.0 Å². The lowest BCUT2D eigenvalue weighted by atomic mass is 10.2. The van der Waals surface area contributed by atoms with Gasteiger partial charge in [0.15, 0.2) is 0 Å². The topological polar surface area (TPSA) is 95.5 Å². The number of hydrogen-bond donors (Lipinski definition) is 1. The van der Waals surface area contributed by atoms with Crippen molar-refractivity contribution in [2.75, 3.05) is 42.1 Å². The number of amides is 1. The Kier molecular flexibility index (Phi) is 7.58. The zero-order valence-electron chi connectivity index (χ0n) is 18.0. The molecule has 4 rings (SSSR count). The molecule has 0 aliphatic carbocycles. The summed E-state index contributed by atoms with van der Waals surface area (Å²) < 4.78 is 27.5. The highest BCUT2D eigenvalue weighted by Gasteiger charge is 2.29. The van der Waals surface area contributed by atoms with Gasteiger partial charge >= 0.3 is 0 Å². The van der Waals surface area contributed by atoms with E-state index in [4.69, 9.17) is 0 Å². The van der Waals surface area contributed by atoms with Crippen LogP contribution in [0.3, 0.4) is 0 Å². The number of carbonyl (C=O) groups is 1. The van der Waals surface area contributed by atoms with Crippen LogP contribution < -0.4 is 10.2 Å². The summed E-state index contributed by atoms with van der Waals surface area (Å²) in [6, 6.07) is 16.3. The molecular formula is C23H25N5O3S2. The van der Waals surface area contributed by atoms with Crippen molar-refractivity contribution >= 4 is 39.2 Å². The van der Waals surface area contributed by atoms with Crippen LogP contribution >= 0.6 is 11.8 Å². The lowest BCUT2D eigenvalue weighted by molar-refractivity contribution is -0.113. The van der Waals surface area contributed by atoms with E-state index in [9.17, 15) is 13.2 Å². The maximum atomic E-state index is 13.0. The zero-order chi connectivity index (χ0) is 23.1. The van der Waals surface area contributed by atoms with Crippen molar-refractivity contribution in [2.45, 2.75) is 10.6 Å². The Morgan fingerprint density at radius 1 is 0.970 bits per heavy atom. The monoisotopic (exact) mass is 483 g/mol. The Morgan fingerprint density at radius 3 is 2.36 bits per heavy atom. The second kappa shape index (κ2) is 10.8. The van der Waals surface area contributed by atoms with Crippen LogP contribution in [0.25, 0.3) is 0 Å². The van der Waals surface area contributed by atoms with E-state index >= 15 is 0 Å². The molecule has 8 nitrogen and oxygen atoms in total. The molecule has 1 fully saturated rings. The number of benzene rings is 2. The number of nitrogens with one attached hydrogen (secondary N) is 1. The lowest BCUT2D eigenvalue weighted by Gasteiger charge is -2.34. The summed E-state index contributed by atoms with van der Waals surface area (Å²) in [4.78, 5) is 22.8. The molecule has 2 aromatic carbocycles. The van der Waals surface area contributed by atoms with Gasteiger partial charge in [-0.2, -0.15) is 4.31 Å². The van der Waals surface area contributed by atoms with Crippen molar-refractivity contribution in [2.24, 2.45) is 0 Å². The molecule has 33 heavy (non-hydrogen) atoms. The average Bonchev–Trinajstić information content (AvgIpc) is 2.86. The molecule has 1 aliphatic heterocycles. The third-order valence-electron chi connectivity index (χ3n) is 5.23. The van der Waals surface area contributed by atoms with E-state index in [2.05, 4.69) is 15.3 Å². The Hall–Kier alpha value is -2.95. The molecule has 172 valence electrons. The Labute approximate surface area is 198 Å². The van der Waals surface area contributed by atoms with Crippen molar-refractivity contribution in [1.82, 2.24) is 14.3 Å². The number of hydrogen-bond acceptors (Lipinski definition) is 7. The Bertz CT molecular complexity index is 1150. The van der Waals surface area contributed by atoms with Crippen LogP contribution in [0.1, 0.15) is 5.56 Å². The summed E-state index contributed by atoms with van der Waals surface area (Å²) in [5.74, 6) is 1.71. The predicted molar refractivity (Wildman–Crippen MR) is 131 cm³/mol. The first-order valence-electron chi connectivity index (χ1n) is 10.5. The fourth-order valence-electron chi connectivity index (χ4n) is 3.50. The van der Waals surface area contributed by atoms with Crippen molar-refractivity contribution in [3.8, 4) is 0 Å². The highest BCUT2D eigenvalue weighted by Crippen LogP contribution is 2.21. The third-order valence-corrected chi connectivity index (χ3v) is 8.15. The third kappa shape index (κ3) is 6.10. The highest BCUT2D eigenvalue weighted by atomic mass is 32.2. The van der Waals surface area contributed by atoms with Gasteiger partial charge in [0.05, 0.1) is 16.8 Å². The zero-order valence-corrected chi connectivity index (χ0v) is 19.6. The molecule has 2 heterocycles. The number of aromatic nitrogens is 2. The van der Waals surface area contributed by atoms with Gasteiger partial charge in [0.1, 0.15) is 5.82 Å². The summed E-state index contributed by atoms with van der Waals surface area (Å²) in [5, 5.41) is 2.82. The van der Waals surface area contributed by atoms with Crippen LogP contribution in [-0.4, -0.2) is 60.5 Å². The van der Waals surface area contributed by atoms with Crippen LogP contribution in [0, 0.1) is 0 Å². The normalized spacial score (nSPS) is 14.7. The van der Waals surface area contributed by atoms with Gasteiger partial charge < -0.3 is 10.2 Å². The molecule has 0 spiro atoms. The van der Waals surface area contributed by atoms with E-state index in [1.165, 1.54) is 33.8 Å². The SMILES string of the molecule is O=C(CSCc1ccccc1)Nc1ccc(S(=O)(=O)N2CCN(c3cnccn3)CC2)cc1. The molecule has 1 saturated heterocycles. The molecular weight excluding hydrogens is 458 g/mol. The first-order valence-corrected chi connectivity index (χ1v) is 13.1. The molecule has 0 atom stereocenters. The number of sulfonamides is 1. The van der Waals surface area contributed by atoms with E-state index in [0.717, 1.165) is 11.6 Å². The maximum Gasteiger partial charge on any atom is 0.243 e. The first kappa shape index (κ1) is 23.2. The molecule has 0 unspecified atom stereocenters. The van der Waals surface area contributed by atoms with Gasteiger partial charge in [-0.05, 0) is 29.8 Å². The molecule has 1 N–H and O–H groups in total. The fourth-order valence-corrected chi connectivity index (χ4v) is 5.71. The molecule has 0 saturated carbocycles. The van der Waals surface area contributed by atoms with Crippen molar-refractivity contribution in [1.29, 1.82) is 0 Å². The Balaban J connectivity index is 1.28. The van der Waals surface area contributed by atoms with E-state index in [0.29, 0.717) is 37.6 Å². The number of thioether (sulfide) groups is 1. The molecule has 0 radical (unpaired) electrons. The lowest BCUT2D eigenvalue weighted by Crippen LogP contribution is -2.48. The molecule has 10 heteroatoms. The quantitative estimate of drug-likeness (QED) is 0.526. The second-order valence-electron chi connectivity index (χ2n) is 7.51. The summed E-state index contributed by atoms with van der Waals surface area (Å²) >= 11 is 1.53. The van der Waals surface area contributed by atoms with Crippen molar-refractivity contribution in [3.63, 3.8) is 0 Å². The number of carbonyl (C=O) groups excluding carboxylic acids is 1. The van der Waals surface area contributed by atoms with Crippen LogP contribution in [0.4, 0.5) is 11.5 Å². The van der Waals surface area contributed by atoms with Crippen LogP contribution in [-0.2, 0) is 20.6 Å². The van der Waals surface area contributed by atoms with Gasteiger partial charge in [-0.3, -0.25) is 9.78 Å². The molecule has 1 aliphatic rings. The number of nitrogens with zero attached hydrogens (tertiary/aromatic N) is 4. The van der Waals surface area contributed by atoms with Crippen LogP contribution in [0.2, 0.25) is 0 Å². The maximum absolute atomic E-state index is 13.0. The number of piperazine rings is 1. The molecule has 0 bridgehead atoms. The van der Waals surface area contributed by atoms with Gasteiger partial charge in [0.2, 0.25) is 15.9 Å². The Morgan fingerprint density at radius 2 is 1.70 bits per heavy atom. The first-order chi connectivity index (χ1) is 16.0. The second-order valence-corrected chi connectivity index (χ2v) is 10.4. The van der Waals surface area contributed by atoms with Crippen molar-refractivity contribution < 1.29 is 13.2 Å². The number of rotatable bonds is 8. The highest BCUT2D eigenvalue weighted by molar-refractivity contribution is 7.99. The largest absolute Gasteiger partial charge is 0.353 e. The van der Waals surface area contributed by atoms with Gasteiger partial charge in [0, 0.05) is 50.0 Å². The van der Waals surface area contributed by atoms with Gasteiger partial charge in [-0.25, -0.2) is 13.4 Å². The van der Waals surface area contributed by atoms with E-state index in [1.54, 1.807) is 30.7 Å².